The third-order valence-electron chi connectivity index (χ3n) is 4.76. The monoisotopic (exact) mass is 438 g/mol. The second kappa shape index (κ2) is 10.5. The maximum Gasteiger partial charge on any atom is 0.307 e. The number of carbonyl (C=O) groups is 2. The van der Waals surface area contributed by atoms with Crippen molar-refractivity contribution in [2.75, 3.05) is 19.5 Å². The van der Waals surface area contributed by atoms with Crippen LogP contribution < -0.4 is 14.8 Å². The number of aryl methyl sites for hydroxylation is 2. The fourth-order valence-electron chi connectivity index (χ4n) is 2.95. The van der Waals surface area contributed by atoms with E-state index in [0.29, 0.717) is 28.8 Å². The number of nitrogens with one attached hydrogen (secondary N) is 1. The largest absolute Gasteiger partial charge is 0.493 e. The van der Waals surface area contributed by atoms with E-state index in [9.17, 15) is 9.59 Å². The molecule has 8 nitrogen and oxygen atoms in total. The quantitative estimate of drug-likeness (QED) is 0.501. The molecular formula is C24H26N2O6. The number of ether oxygens (including phenoxy) is 3. The molecule has 3 rings (SSSR count). The van der Waals surface area contributed by atoms with E-state index in [0.717, 1.165) is 11.1 Å². The van der Waals surface area contributed by atoms with Gasteiger partial charge in [0.1, 0.15) is 0 Å². The summed E-state index contributed by atoms with van der Waals surface area (Å²) in [6.07, 6.45) is 0.976. The van der Waals surface area contributed by atoms with Gasteiger partial charge in [0.25, 0.3) is 5.91 Å². The molecule has 1 aromatic heterocycles. The molecule has 0 radical (unpaired) electrons. The zero-order valence-electron chi connectivity index (χ0n) is 18.5. The summed E-state index contributed by atoms with van der Waals surface area (Å²) >= 11 is 0. The Morgan fingerprint density at radius 2 is 1.78 bits per heavy atom. The first-order valence-corrected chi connectivity index (χ1v) is 10.1. The molecule has 0 saturated heterocycles. The Kier molecular flexibility index (Phi) is 7.49. The maximum absolute atomic E-state index is 12.4. The van der Waals surface area contributed by atoms with Crippen molar-refractivity contribution < 1.29 is 28.2 Å². The lowest BCUT2D eigenvalue weighted by molar-refractivity contribution is -0.153. The second-order valence-corrected chi connectivity index (χ2v) is 7.18. The molecular weight excluding hydrogens is 412 g/mol. The molecule has 0 bridgehead atoms. The highest BCUT2D eigenvalue weighted by Gasteiger charge is 2.19. The van der Waals surface area contributed by atoms with Crippen molar-refractivity contribution in [3.63, 3.8) is 0 Å². The minimum absolute atomic E-state index is 0.0435. The summed E-state index contributed by atoms with van der Waals surface area (Å²) in [5.41, 5.74) is 2.57. The molecule has 8 heteroatoms. The number of benzene rings is 2. The van der Waals surface area contributed by atoms with Gasteiger partial charge in [0.05, 0.1) is 26.8 Å². The number of anilines is 1. The van der Waals surface area contributed by atoms with Gasteiger partial charge in [-0.3, -0.25) is 9.59 Å². The fourth-order valence-corrected chi connectivity index (χ4v) is 2.95. The van der Waals surface area contributed by atoms with Crippen molar-refractivity contribution >= 4 is 17.6 Å². The van der Waals surface area contributed by atoms with E-state index >= 15 is 0 Å². The standard InChI is InChI=1S/C24H26N2O6/c1-15-5-7-17(8-6-15)21-14-25-22(32-21)11-12-23(27)31-16(2)24(28)26-18-9-10-19(29-3)20(13-18)30-4/h5-10,13-14,16H,11-12H2,1-4H3,(H,26,28). The lowest BCUT2D eigenvalue weighted by atomic mass is 10.1. The Bertz CT molecular complexity index is 1070. The number of amides is 1. The van der Waals surface area contributed by atoms with Crippen LogP contribution in [0.25, 0.3) is 11.3 Å². The van der Waals surface area contributed by atoms with E-state index in [1.807, 2.05) is 31.2 Å². The molecule has 1 N–H and O–H groups in total. The molecule has 2 aromatic carbocycles. The van der Waals surface area contributed by atoms with Gasteiger partial charge in [-0.15, -0.1) is 0 Å². The van der Waals surface area contributed by atoms with Gasteiger partial charge in [0.15, 0.2) is 29.3 Å². The highest BCUT2D eigenvalue weighted by Crippen LogP contribution is 2.29. The zero-order valence-corrected chi connectivity index (χ0v) is 18.5. The highest BCUT2D eigenvalue weighted by atomic mass is 16.5. The Labute approximate surface area is 186 Å². The van der Waals surface area contributed by atoms with Crippen LogP contribution in [0.2, 0.25) is 0 Å². The lowest BCUT2D eigenvalue weighted by Gasteiger charge is -2.14. The number of oxazole rings is 1. The molecule has 1 unspecified atom stereocenters. The first kappa shape index (κ1) is 22.9. The van der Waals surface area contributed by atoms with E-state index in [1.54, 1.807) is 24.4 Å². The Morgan fingerprint density at radius 3 is 2.47 bits per heavy atom. The number of nitrogens with zero attached hydrogens (tertiary/aromatic N) is 1. The van der Waals surface area contributed by atoms with E-state index in [2.05, 4.69) is 10.3 Å². The van der Waals surface area contributed by atoms with Crippen LogP contribution in [0.5, 0.6) is 11.5 Å². The molecule has 0 aliphatic heterocycles. The number of hydrogen-bond donors (Lipinski definition) is 1. The first-order chi connectivity index (χ1) is 15.4. The highest BCUT2D eigenvalue weighted by molar-refractivity contribution is 5.95. The second-order valence-electron chi connectivity index (χ2n) is 7.18. The van der Waals surface area contributed by atoms with Crippen molar-refractivity contribution in [3.8, 4) is 22.8 Å². The van der Waals surface area contributed by atoms with Crippen molar-refractivity contribution in [3.05, 3.63) is 60.1 Å². The summed E-state index contributed by atoms with van der Waals surface area (Å²) in [5.74, 6) is 1.11. The molecule has 1 atom stereocenters. The van der Waals surface area contributed by atoms with Crippen molar-refractivity contribution in [2.24, 2.45) is 0 Å². The molecule has 168 valence electrons. The molecule has 1 heterocycles. The van der Waals surface area contributed by atoms with Crippen LogP contribution in [0.15, 0.2) is 53.1 Å². The summed E-state index contributed by atoms with van der Waals surface area (Å²) in [6.45, 7) is 3.52. The van der Waals surface area contributed by atoms with Gasteiger partial charge < -0.3 is 23.9 Å². The molecule has 0 spiro atoms. The van der Waals surface area contributed by atoms with Gasteiger partial charge in [-0.1, -0.05) is 29.8 Å². The molecule has 0 saturated carbocycles. The van der Waals surface area contributed by atoms with Crippen LogP contribution >= 0.6 is 0 Å². The van der Waals surface area contributed by atoms with Crippen molar-refractivity contribution in [1.29, 1.82) is 0 Å². The zero-order chi connectivity index (χ0) is 23.1. The third kappa shape index (κ3) is 5.87. The number of methoxy groups -OCH3 is 2. The minimum atomic E-state index is -0.969. The summed E-state index contributed by atoms with van der Waals surface area (Å²) in [6, 6.07) is 12.8. The normalized spacial score (nSPS) is 11.5. The topological polar surface area (TPSA) is 99.9 Å². The van der Waals surface area contributed by atoms with Gasteiger partial charge in [-0.25, -0.2) is 4.98 Å². The first-order valence-electron chi connectivity index (χ1n) is 10.1. The summed E-state index contributed by atoms with van der Waals surface area (Å²) in [5, 5.41) is 2.69. The van der Waals surface area contributed by atoms with Crippen LogP contribution in [0.1, 0.15) is 24.8 Å². The molecule has 0 aliphatic carbocycles. The average molecular weight is 438 g/mol. The van der Waals surface area contributed by atoms with Gasteiger partial charge >= 0.3 is 5.97 Å². The van der Waals surface area contributed by atoms with Crippen LogP contribution in [-0.2, 0) is 20.7 Å². The van der Waals surface area contributed by atoms with Crippen LogP contribution in [0.4, 0.5) is 5.69 Å². The van der Waals surface area contributed by atoms with E-state index in [-0.39, 0.29) is 12.8 Å². The summed E-state index contributed by atoms with van der Waals surface area (Å²) in [7, 11) is 3.03. The summed E-state index contributed by atoms with van der Waals surface area (Å²) in [4.78, 5) is 28.8. The van der Waals surface area contributed by atoms with Crippen LogP contribution in [-0.4, -0.2) is 37.2 Å². The van der Waals surface area contributed by atoms with Crippen molar-refractivity contribution in [2.45, 2.75) is 32.8 Å². The Balaban J connectivity index is 1.49. The van der Waals surface area contributed by atoms with Crippen LogP contribution in [0, 0.1) is 6.92 Å². The fraction of sp³-hybridized carbons (Fsp3) is 0.292. The van der Waals surface area contributed by atoms with E-state index in [4.69, 9.17) is 18.6 Å². The van der Waals surface area contributed by atoms with Gasteiger partial charge in [-0.2, -0.15) is 0 Å². The Morgan fingerprint density at radius 1 is 1.06 bits per heavy atom. The van der Waals surface area contributed by atoms with Crippen LogP contribution in [0.3, 0.4) is 0 Å². The number of rotatable bonds is 9. The average Bonchev–Trinajstić information content (AvgIpc) is 3.27. The number of hydrogen-bond acceptors (Lipinski definition) is 7. The third-order valence-corrected chi connectivity index (χ3v) is 4.76. The maximum atomic E-state index is 12.4. The number of esters is 1. The molecule has 32 heavy (non-hydrogen) atoms. The van der Waals surface area contributed by atoms with E-state index < -0.39 is 18.0 Å². The Hall–Kier alpha value is -3.81. The number of carbonyl (C=O) groups excluding carboxylic acids is 2. The minimum Gasteiger partial charge on any atom is -0.493 e. The number of aromatic nitrogens is 1. The SMILES string of the molecule is COc1ccc(NC(=O)C(C)OC(=O)CCc2ncc(-c3ccc(C)cc3)o2)cc1OC. The summed E-state index contributed by atoms with van der Waals surface area (Å²) < 4.78 is 21.3. The van der Waals surface area contributed by atoms with Gasteiger partial charge in [0, 0.05) is 23.7 Å². The van der Waals surface area contributed by atoms with Crippen molar-refractivity contribution in [1.82, 2.24) is 4.98 Å². The predicted molar refractivity (Wildman–Crippen MR) is 119 cm³/mol. The smallest absolute Gasteiger partial charge is 0.307 e. The molecule has 0 aliphatic rings. The van der Waals surface area contributed by atoms with Gasteiger partial charge in [0.2, 0.25) is 0 Å². The molecule has 3 aromatic rings. The lowest BCUT2D eigenvalue weighted by Crippen LogP contribution is -2.30. The predicted octanol–water partition coefficient (Wildman–Crippen LogP) is 4.17. The molecule has 0 fully saturated rings. The van der Waals surface area contributed by atoms with E-state index in [1.165, 1.54) is 21.1 Å². The molecule has 1 amide bonds. The van der Waals surface area contributed by atoms with Gasteiger partial charge in [-0.05, 0) is 26.0 Å².